The number of benzene rings is 1. The van der Waals surface area contributed by atoms with E-state index in [1.54, 1.807) is 31.4 Å². The molecule has 0 bridgehead atoms. The molecule has 1 aliphatic heterocycles. The lowest BCUT2D eigenvalue weighted by Gasteiger charge is -2.31. The fourth-order valence-electron chi connectivity index (χ4n) is 4.36. The molecule has 0 unspecified atom stereocenters. The van der Waals surface area contributed by atoms with E-state index < -0.39 is 5.97 Å². The van der Waals surface area contributed by atoms with Crippen LogP contribution in [0.5, 0.6) is 5.75 Å². The maximum atomic E-state index is 11.3. The largest absolute Gasteiger partial charge is 0.491 e. The van der Waals surface area contributed by atoms with Gasteiger partial charge in [0.05, 0.1) is 6.61 Å². The second kappa shape index (κ2) is 9.94. The molecule has 7 heteroatoms. The first-order chi connectivity index (χ1) is 15.2. The molecule has 0 amide bonds. The maximum absolute atomic E-state index is 11.3. The number of aromatic carboxylic acids is 1. The summed E-state index contributed by atoms with van der Waals surface area (Å²) in [5.74, 6) is -0.0165. The van der Waals surface area contributed by atoms with Crippen molar-refractivity contribution in [2.45, 2.75) is 25.3 Å². The number of hydrogen-bond donors (Lipinski definition) is 1. The predicted molar refractivity (Wildman–Crippen MR) is 119 cm³/mol. The summed E-state index contributed by atoms with van der Waals surface area (Å²) in [6.07, 6.45) is 6.28. The molecule has 1 N–H and O–H groups in total. The summed E-state index contributed by atoms with van der Waals surface area (Å²) >= 11 is 0. The number of carboxylic acids is 1. The minimum atomic E-state index is -0.962. The van der Waals surface area contributed by atoms with Crippen LogP contribution in [0.4, 0.5) is 0 Å². The third-order valence-electron chi connectivity index (χ3n) is 6.01. The SMILES string of the molecule is COCCn1cc(C2CCN(CCOc3ccccc3C(=O)O)CC2)c2cccnc21. The number of hydrogen-bond acceptors (Lipinski definition) is 5. The van der Waals surface area contributed by atoms with Crippen molar-refractivity contribution in [3.8, 4) is 5.75 Å². The van der Waals surface area contributed by atoms with E-state index in [4.69, 9.17) is 9.47 Å². The fraction of sp³-hybridized carbons (Fsp3) is 0.417. The number of ether oxygens (including phenoxy) is 2. The van der Waals surface area contributed by atoms with Gasteiger partial charge in [0.25, 0.3) is 0 Å². The monoisotopic (exact) mass is 423 g/mol. The minimum absolute atomic E-state index is 0.208. The van der Waals surface area contributed by atoms with E-state index in [1.807, 2.05) is 12.3 Å². The molecule has 4 rings (SSSR count). The number of carbonyl (C=O) groups is 1. The topological polar surface area (TPSA) is 76.8 Å². The number of para-hydroxylation sites is 1. The van der Waals surface area contributed by atoms with Gasteiger partial charge in [-0.15, -0.1) is 0 Å². The molecular formula is C24H29N3O4. The van der Waals surface area contributed by atoms with Gasteiger partial charge in [-0.1, -0.05) is 12.1 Å². The predicted octanol–water partition coefficient (Wildman–Crippen LogP) is 3.64. The zero-order valence-corrected chi connectivity index (χ0v) is 17.9. The lowest BCUT2D eigenvalue weighted by Crippen LogP contribution is -2.35. The van der Waals surface area contributed by atoms with Crippen LogP contribution in [0.2, 0.25) is 0 Å². The van der Waals surface area contributed by atoms with Crippen molar-refractivity contribution in [3.05, 3.63) is 59.9 Å². The van der Waals surface area contributed by atoms with Gasteiger partial charge >= 0.3 is 5.97 Å². The van der Waals surface area contributed by atoms with E-state index in [1.165, 1.54) is 10.9 Å². The summed E-state index contributed by atoms with van der Waals surface area (Å²) in [7, 11) is 1.72. The van der Waals surface area contributed by atoms with Gasteiger partial charge in [-0.05, 0) is 61.7 Å². The summed E-state index contributed by atoms with van der Waals surface area (Å²) in [5, 5.41) is 10.5. The number of aromatic nitrogens is 2. The van der Waals surface area contributed by atoms with Crippen LogP contribution in [0.1, 0.15) is 34.7 Å². The van der Waals surface area contributed by atoms with E-state index in [0.717, 1.165) is 44.7 Å². The Balaban J connectivity index is 1.34. The second-order valence-electron chi connectivity index (χ2n) is 7.91. The van der Waals surface area contributed by atoms with Gasteiger partial charge in [0.15, 0.2) is 0 Å². The summed E-state index contributed by atoms with van der Waals surface area (Å²) in [6.45, 7) is 4.74. The Morgan fingerprint density at radius 2 is 1.94 bits per heavy atom. The van der Waals surface area contributed by atoms with Gasteiger partial charge in [-0.25, -0.2) is 9.78 Å². The number of nitrogens with zero attached hydrogens (tertiary/aromatic N) is 3. The molecule has 164 valence electrons. The fourth-order valence-corrected chi connectivity index (χ4v) is 4.36. The van der Waals surface area contributed by atoms with Crippen LogP contribution in [-0.2, 0) is 11.3 Å². The lowest BCUT2D eigenvalue weighted by molar-refractivity contribution is 0.0691. The molecule has 1 saturated heterocycles. The van der Waals surface area contributed by atoms with Crippen molar-refractivity contribution in [1.82, 2.24) is 14.5 Å². The third-order valence-corrected chi connectivity index (χ3v) is 6.01. The van der Waals surface area contributed by atoms with Gasteiger partial charge < -0.3 is 19.1 Å². The van der Waals surface area contributed by atoms with Crippen LogP contribution >= 0.6 is 0 Å². The molecule has 31 heavy (non-hydrogen) atoms. The van der Waals surface area contributed by atoms with Crippen molar-refractivity contribution in [2.24, 2.45) is 0 Å². The normalized spacial score (nSPS) is 15.4. The van der Waals surface area contributed by atoms with Crippen molar-refractivity contribution in [1.29, 1.82) is 0 Å². The number of likely N-dealkylation sites (tertiary alicyclic amines) is 1. The average molecular weight is 424 g/mol. The molecule has 0 aliphatic carbocycles. The number of pyridine rings is 1. The van der Waals surface area contributed by atoms with Crippen LogP contribution in [0, 0.1) is 0 Å². The molecular weight excluding hydrogens is 394 g/mol. The number of methoxy groups -OCH3 is 1. The average Bonchev–Trinajstić information content (AvgIpc) is 3.17. The van der Waals surface area contributed by atoms with Gasteiger partial charge in [0.2, 0.25) is 0 Å². The Morgan fingerprint density at radius 3 is 2.71 bits per heavy atom. The molecule has 0 atom stereocenters. The second-order valence-corrected chi connectivity index (χ2v) is 7.91. The van der Waals surface area contributed by atoms with E-state index in [9.17, 15) is 9.90 Å². The van der Waals surface area contributed by atoms with Crippen molar-refractivity contribution in [2.75, 3.05) is 40.0 Å². The highest BCUT2D eigenvalue weighted by molar-refractivity contribution is 5.90. The molecule has 3 aromatic rings. The lowest BCUT2D eigenvalue weighted by atomic mass is 9.89. The first kappa shape index (κ1) is 21.3. The highest BCUT2D eigenvalue weighted by Gasteiger charge is 2.24. The van der Waals surface area contributed by atoms with Crippen LogP contribution in [0.15, 0.2) is 48.8 Å². The van der Waals surface area contributed by atoms with Gasteiger partial charge in [-0.2, -0.15) is 0 Å². The van der Waals surface area contributed by atoms with E-state index in [0.29, 0.717) is 24.9 Å². The number of rotatable bonds is 9. The van der Waals surface area contributed by atoms with Crippen molar-refractivity contribution >= 4 is 17.0 Å². The van der Waals surface area contributed by atoms with E-state index in [2.05, 4.69) is 26.7 Å². The molecule has 1 fully saturated rings. The molecule has 1 aliphatic rings. The standard InChI is InChI=1S/C24H29N3O4/c1-30-15-14-27-17-21(19-6-4-10-25-23(19)27)18-8-11-26(12-9-18)13-16-31-22-7-3-2-5-20(22)24(28)29/h2-7,10,17-18H,8-9,11-16H2,1H3,(H,28,29). The number of fused-ring (bicyclic) bond motifs is 1. The smallest absolute Gasteiger partial charge is 0.339 e. The number of piperidine rings is 1. The quantitative estimate of drug-likeness (QED) is 0.566. The Hall–Kier alpha value is -2.90. The third kappa shape index (κ3) is 4.89. The Bertz CT molecular complexity index is 1020. The zero-order valence-electron chi connectivity index (χ0n) is 17.9. The molecule has 0 saturated carbocycles. The molecule has 2 aromatic heterocycles. The number of carboxylic acid groups (broad SMARTS) is 1. The maximum Gasteiger partial charge on any atom is 0.339 e. The molecule has 0 spiro atoms. The highest BCUT2D eigenvalue weighted by atomic mass is 16.5. The minimum Gasteiger partial charge on any atom is -0.491 e. The van der Waals surface area contributed by atoms with Crippen molar-refractivity contribution < 1.29 is 19.4 Å². The van der Waals surface area contributed by atoms with Crippen molar-refractivity contribution in [3.63, 3.8) is 0 Å². The van der Waals surface area contributed by atoms with Crippen LogP contribution in [0.25, 0.3) is 11.0 Å². The first-order valence-electron chi connectivity index (χ1n) is 10.8. The van der Waals surface area contributed by atoms with E-state index in [-0.39, 0.29) is 5.56 Å². The van der Waals surface area contributed by atoms with Crippen LogP contribution in [0.3, 0.4) is 0 Å². The molecule has 3 heterocycles. The molecule has 0 radical (unpaired) electrons. The van der Waals surface area contributed by atoms with Gasteiger partial charge in [0, 0.05) is 38.0 Å². The highest BCUT2D eigenvalue weighted by Crippen LogP contribution is 2.33. The van der Waals surface area contributed by atoms with E-state index >= 15 is 0 Å². The van der Waals surface area contributed by atoms with Gasteiger partial charge in [0.1, 0.15) is 23.6 Å². The van der Waals surface area contributed by atoms with Crippen LogP contribution < -0.4 is 4.74 Å². The molecule has 7 nitrogen and oxygen atoms in total. The Kier molecular flexibility index (Phi) is 6.84. The summed E-state index contributed by atoms with van der Waals surface area (Å²) in [4.78, 5) is 18.3. The Labute approximate surface area is 182 Å². The molecule has 1 aromatic carbocycles. The first-order valence-corrected chi connectivity index (χ1v) is 10.8. The Morgan fingerprint density at radius 1 is 1.13 bits per heavy atom. The van der Waals surface area contributed by atoms with Crippen LogP contribution in [-0.4, -0.2) is 65.5 Å². The van der Waals surface area contributed by atoms with Gasteiger partial charge in [-0.3, -0.25) is 4.90 Å². The summed E-state index contributed by atoms with van der Waals surface area (Å²) in [5.41, 5.74) is 2.62. The zero-order chi connectivity index (χ0) is 21.6. The summed E-state index contributed by atoms with van der Waals surface area (Å²) < 4.78 is 13.2. The summed E-state index contributed by atoms with van der Waals surface area (Å²) in [6, 6.07) is 11.0.